The molecule has 10 nitrogen and oxygen atoms in total. The van der Waals surface area contributed by atoms with Crippen molar-refractivity contribution in [3.8, 4) is 0 Å². The van der Waals surface area contributed by atoms with Crippen molar-refractivity contribution in [1.29, 1.82) is 0 Å². The Labute approximate surface area is 468 Å². The fourth-order valence-electron chi connectivity index (χ4n) is 21.6. The lowest BCUT2D eigenvalue weighted by Gasteiger charge is -2.70. The first-order valence-corrected chi connectivity index (χ1v) is 30.4. The third kappa shape index (κ3) is 8.80. The molecule has 0 bridgehead atoms. The molecule has 8 fully saturated rings. The van der Waals surface area contributed by atoms with Crippen LogP contribution in [0.4, 0.5) is 0 Å². The van der Waals surface area contributed by atoms with Crippen molar-refractivity contribution in [2.45, 2.75) is 239 Å². The molecule has 10 rings (SSSR count). The molecular weight excluding hydrogens is 988 g/mol. The first-order valence-electron chi connectivity index (χ1n) is 30.0. The zero-order chi connectivity index (χ0) is 57.5. The van der Waals surface area contributed by atoms with Crippen LogP contribution in [0.3, 0.4) is 0 Å². The SMILES string of the molecule is CC(=O)Cl.COC(=O)[C@@]1(C)CC[C@]2(C)CC[C@]3(C)C(=CC(=O)[C@@H]4[C@@]5(C)CC[C@H](O)C(C)(C)[C@@H]5CC[C@]43C)[C@H]2C1.COC(=O)[C@@]1(C)CC[C@]2(C)CC[C@]3(C)C(=CC(=O)[C@@H]4[C@@]5(C)CC[C@H](OC(C)=O)C(C)(C)[C@@H]5CC[C@]43C)[C@H]2C1. The topological polar surface area (TPSA) is 150 Å². The summed E-state index contributed by atoms with van der Waals surface area (Å²) in [7, 11) is 3.00. The Bertz CT molecular complexity index is 2500. The molecule has 8 saturated carbocycles. The number of rotatable bonds is 3. The van der Waals surface area contributed by atoms with E-state index in [4.69, 9.17) is 14.2 Å². The second-order valence-electron chi connectivity index (χ2n) is 31.3. The fourth-order valence-corrected chi connectivity index (χ4v) is 21.6. The summed E-state index contributed by atoms with van der Waals surface area (Å²) in [5.41, 5.74) is 1.01. The minimum Gasteiger partial charge on any atom is -0.469 e. The summed E-state index contributed by atoms with van der Waals surface area (Å²) in [5.74, 6) is 1.28. The number of ether oxygens (including phenoxy) is 3. The highest BCUT2D eigenvalue weighted by molar-refractivity contribution is 6.62. The number of ketones is 2. The minimum atomic E-state index is -0.498. The number of aliphatic hydroxyl groups is 1. The number of aliphatic hydroxyl groups excluding tert-OH is 1. The molecule has 0 spiro atoms. The zero-order valence-corrected chi connectivity index (χ0v) is 51.8. The largest absolute Gasteiger partial charge is 0.469 e. The van der Waals surface area contributed by atoms with E-state index in [-0.39, 0.29) is 113 Å². The normalized spacial score (nSPS) is 48.7. The maximum absolute atomic E-state index is 14.4. The van der Waals surface area contributed by atoms with Crippen LogP contribution in [0.2, 0.25) is 0 Å². The van der Waals surface area contributed by atoms with E-state index < -0.39 is 10.8 Å². The maximum atomic E-state index is 14.4. The lowest BCUT2D eigenvalue weighted by molar-refractivity contribution is -0.210. The first kappa shape index (κ1) is 60.3. The fraction of sp³-hybridized carbons (Fsp3) is 0.848. The van der Waals surface area contributed by atoms with Crippen LogP contribution in [0.5, 0.6) is 0 Å². The number of allylic oxidation sites excluding steroid dienone is 4. The number of methoxy groups -OCH3 is 2. The maximum Gasteiger partial charge on any atom is 0.311 e. The van der Waals surface area contributed by atoms with E-state index in [2.05, 4.69) is 121 Å². The molecule has 432 valence electrons. The Morgan fingerprint density at radius 2 is 0.883 bits per heavy atom. The Morgan fingerprint density at radius 1 is 0.519 bits per heavy atom. The van der Waals surface area contributed by atoms with Crippen molar-refractivity contribution in [3.63, 3.8) is 0 Å². The molecule has 0 radical (unpaired) electrons. The highest BCUT2D eigenvalue weighted by Gasteiger charge is 2.73. The third-order valence-corrected chi connectivity index (χ3v) is 26.7. The molecule has 0 aromatic rings. The predicted molar refractivity (Wildman–Crippen MR) is 301 cm³/mol. The molecule has 0 heterocycles. The van der Waals surface area contributed by atoms with Gasteiger partial charge in [-0.2, -0.15) is 0 Å². The van der Waals surface area contributed by atoms with Gasteiger partial charge in [0.15, 0.2) is 11.6 Å². The molecule has 0 amide bonds. The lowest BCUT2D eigenvalue weighted by atomic mass is 9.33. The Balaban J connectivity index is 0.000000191. The van der Waals surface area contributed by atoms with Crippen molar-refractivity contribution < 1.29 is 48.1 Å². The molecule has 77 heavy (non-hydrogen) atoms. The number of hydrogen-bond acceptors (Lipinski definition) is 10. The van der Waals surface area contributed by atoms with E-state index in [1.165, 1.54) is 39.2 Å². The van der Waals surface area contributed by atoms with Gasteiger partial charge in [-0.3, -0.25) is 28.8 Å². The summed E-state index contributed by atoms with van der Waals surface area (Å²) < 4.78 is 16.3. The van der Waals surface area contributed by atoms with Gasteiger partial charge in [-0.1, -0.05) is 94.2 Å². The smallest absolute Gasteiger partial charge is 0.311 e. The van der Waals surface area contributed by atoms with E-state index in [1.54, 1.807) is 0 Å². The number of esters is 3. The van der Waals surface area contributed by atoms with Gasteiger partial charge in [0.2, 0.25) is 5.24 Å². The van der Waals surface area contributed by atoms with E-state index in [1.807, 2.05) is 0 Å². The second-order valence-corrected chi connectivity index (χ2v) is 31.8. The average Bonchev–Trinajstić information content (AvgIpc) is 3.36. The quantitative estimate of drug-likeness (QED) is 0.164. The zero-order valence-electron chi connectivity index (χ0n) is 51.0. The van der Waals surface area contributed by atoms with Gasteiger partial charge >= 0.3 is 17.9 Å². The van der Waals surface area contributed by atoms with Crippen molar-refractivity contribution in [2.24, 2.45) is 100 Å². The molecule has 1 N–H and O–H groups in total. The van der Waals surface area contributed by atoms with Gasteiger partial charge in [0.05, 0.1) is 31.2 Å². The summed E-state index contributed by atoms with van der Waals surface area (Å²) in [6.45, 7) is 35.2. The van der Waals surface area contributed by atoms with Crippen molar-refractivity contribution >= 4 is 46.3 Å². The summed E-state index contributed by atoms with van der Waals surface area (Å²) in [4.78, 5) is 75.5. The molecule has 0 aliphatic heterocycles. The Morgan fingerprint density at radius 3 is 1.26 bits per heavy atom. The van der Waals surface area contributed by atoms with Crippen LogP contribution in [0.15, 0.2) is 23.3 Å². The standard InChI is InChI=1S/C33H50O5.C31H48O4.C2H3ClO/c1-20(34)38-25-11-12-31(6)24(28(25,2)3)10-13-33(8)26(31)23(35)18-21-22-19-30(5,27(36)37-9)15-14-29(22,4)16-17-32(21,33)7;1-26(2)22-9-12-31(7)24(29(22,5)11-10-23(26)33)21(32)17-19-20-18-28(4,25(34)35-8)14-13-27(20,3)15-16-30(19,31)6;1-2(3)4/h18,22,24-26H,10-17,19H2,1-9H3;17,20,22-24,33H,9-16,18H2,1-8H3;1H3/t22-,24+,25+,26-,29-,30+,31+,32-,33-;20-,22+,23+,24-,27-,28+,29+,30-,31-;/m11./s1. The molecule has 11 heteroatoms. The number of carbonyl (C=O) groups is 6. The summed E-state index contributed by atoms with van der Waals surface area (Å²) in [5, 5.41) is 10.5. The van der Waals surface area contributed by atoms with Crippen molar-refractivity contribution in [2.75, 3.05) is 14.2 Å². The van der Waals surface area contributed by atoms with Gasteiger partial charge in [-0.05, 0) is 226 Å². The van der Waals surface area contributed by atoms with Crippen LogP contribution in [-0.4, -0.2) is 66.3 Å². The average molecular weight is 1090 g/mol. The summed E-state index contributed by atoms with van der Waals surface area (Å²) in [6, 6.07) is 0. The summed E-state index contributed by atoms with van der Waals surface area (Å²) in [6.07, 6.45) is 21.1. The van der Waals surface area contributed by atoms with Crippen LogP contribution in [0, 0.1) is 100 Å². The third-order valence-electron chi connectivity index (χ3n) is 26.7. The molecule has 10 aliphatic carbocycles. The minimum absolute atomic E-state index is 0.00536. The Kier molecular flexibility index (Phi) is 15.2. The van der Waals surface area contributed by atoms with Crippen molar-refractivity contribution in [1.82, 2.24) is 0 Å². The molecule has 10 aliphatic rings. The number of carbonyl (C=O) groups excluding carboxylic acids is 6. The van der Waals surface area contributed by atoms with Gasteiger partial charge in [0, 0.05) is 31.1 Å². The van der Waals surface area contributed by atoms with Crippen LogP contribution >= 0.6 is 11.6 Å². The van der Waals surface area contributed by atoms with Gasteiger partial charge in [-0.25, -0.2) is 0 Å². The van der Waals surface area contributed by atoms with Crippen LogP contribution in [0.25, 0.3) is 0 Å². The second kappa shape index (κ2) is 19.4. The van der Waals surface area contributed by atoms with Crippen LogP contribution in [0.1, 0.15) is 226 Å². The monoisotopic (exact) mass is 1090 g/mol. The molecule has 0 unspecified atom stereocenters. The summed E-state index contributed by atoms with van der Waals surface area (Å²) >= 11 is 4.64. The Hall–Kier alpha value is -2.85. The van der Waals surface area contributed by atoms with E-state index in [9.17, 15) is 33.9 Å². The molecule has 0 aromatic carbocycles. The van der Waals surface area contributed by atoms with Crippen LogP contribution < -0.4 is 0 Å². The van der Waals surface area contributed by atoms with Crippen molar-refractivity contribution in [3.05, 3.63) is 23.3 Å². The number of halogens is 1. The molecule has 18 atom stereocenters. The van der Waals surface area contributed by atoms with Gasteiger partial charge in [0.25, 0.3) is 0 Å². The number of fused-ring (bicyclic) bond motifs is 14. The van der Waals surface area contributed by atoms with Gasteiger partial charge < -0.3 is 19.3 Å². The van der Waals surface area contributed by atoms with Gasteiger partial charge in [0.1, 0.15) is 6.10 Å². The first-order chi connectivity index (χ1) is 35.3. The highest BCUT2D eigenvalue weighted by atomic mass is 35.5. The molecule has 0 saturated heterocycles. The van der Waals surface area contributed by atoms with Crippen LogP contribution in [-0.2, 0) is 43.0 Å². The predicted octanol–water partition coefficient (Wildman–Crippen LogP) is 14.3. The van der Waals surface area contributed by atoms with E-state index in [0.29, 0.717) is 23.4 Å². The lowest BCUT2D eigenvalue weighted by Crippen LogP contribution is -2.66. The van der Waals surface area contributed by atoms with Gasteiger partial charge in [-0.15, -0.1) is 0 Å². The molecule has 0 aromatic heterocycles. The molecular formula is C66H101ClO10. The highest BCUT2D eigenvalue weighted by Crippen LogP contribution is 2.77. The van der Waals surface area contributed by atoms with E-state index in [0.717, 1.165) is 116 Å². The number of hydrogen-bond donors (Lipinski definition) is 1. The van der Waals surface area contributed by atoms with E-state index >= 15 is 0 Å².